The van der Waals surface area contributed by atoms with E-state index in [1.165, 1.54) is 29.9 Å². The van der Waals surface area contributed by atoms with E-state index in [-0.39, 0.29) is 5.41 Å². The number of thioether (sulfide) groups is 1. The van der Waals surface area contributed by atoms with Gasteiger partial charge in [0.1, 0.15) is 0 Å². The first kappa shape index (κ1) is 17.6. The van der Waals surface area contributed by atoms with Crippen LogP contribution in [-0.4, -0.2) is 23.6 Å². The maximum atomic E-state index is 3.75. The van der Waals surface area contributed by atoms with Crippen molar-refractivity contribution in [3.63, 3.8) is 0 Å². The number of rotatable bonds is 9. The van der Waals surface area contributed by atoms with Gasteiger partial charge in [-0.05, 0) is 49.2 Å². The standard InChI is InChI=1S/C18H31NS/c1-6-20-13-12-15(2)19-16(3)14-18(4,5)17-10-8-7-9-11-17/h7-11,15-16,19H,6,12-14H2,1-5H3. The topological polar surface area (TPSA) is 12.0 Å². The summed E-state index contributed by atoms with van der Waals surface area (Å²) in [5.41, 5.74) is 1.66. The van der Waals surface area contributed by atoms with E-state index in [1.54, 1.807) is 0 Å². The van der Waals surface area contributed by atoms with Gasteiger partial charge in [-0.3, -0.25) is 0 Å². The first-order chi connectivity index (χ1) is 9.45. The van der Waals surface area contributed by atoms with Crippen molar-refractivity contribution in [3.05, 3.63) is 35.9 Å². The van der Waals surface area contributed by atoms with Crippen LogP contribution in [0.2, 0.25) is 0 Å². The Kier molecular flexibility index (Phi) is 7.68. The third-order valence-corrected chi connectivity index (χ3v) is 4.77. The Balaban J connectivity index is 2.43. The van der Waals surface area contributed by atoms with Gasteiger partial charge in [0.2, 0.25) is 0 Å². The summed E-state index contributed by atoms with van der Waals surface area (Å²) >= 11 is 2.03. The molecule has 0 radical (unpaired) electrons. The predicted octanol–water partition coefficient (Wildman–Crippen LogP) is 4.86. The number of hydrogen-bond donors (Lipinski definition) is 1. The monoisotopic (exact) mass is 293 g/mol. The molecule has 2 atom stereocenters. The molecular formula is C18H31NS. The maximum absolute atomic E-state index is 3.75. The highest BCUT2D eigenvalue weighted by Crippen LogP contribution is 2.28. The lowest BCUT2D eigenvalue weighted by Gasteiger charge is -2.30. The molecule has 0 bridgehead atoms. The van der Waals surface area contributed by atoms with Crippen LogP contribution in [-0.2, 0) is 5.41 Å². The summed E-state index contributed by atoms with van der Waals surface area (Å²) in [5.74, 6) is 2.49. The minimum atomic E-state index is 0.228. The fourth-order valence-corrected chi connectivity index (χ4v) is 3.61. The van der Waals surface area contributed by atoms with Crippen molar-refractivity contribution < 1.29 is 0 Å². The fourth-order valence-electron chi connectivity index (χ4n) is 2.81. The highest BCUT2D eigenvalue weighted by atomic mass is 32.2. The molecule has 1 rings (SSSR count). The van der Waals surface area contributed by atoms with Crippen molar-refractivity contribution in [2.45, 2.75) is 65.0 Å². The van der Waals surface area contributed by atoms with Crippen LogP contribution in [0.4, 0.5) is 0 Å². The Morgan fingerprint density at radius 2 is 1.75 bits per heavy atom. The molecule has 114 valence electrons. The van der Waals surface area contributed by atoms with Crippen molar-refractivity contribution in [3.8, 4) is 0 Å². The second kappa shape index (κ2) is 8.74. The molecule has 0 spiro atoms. The van der Waals surface area contributed by atoms with Gasteiger partial charge in [-0.1, -0.05) is 51.1 Å². The van der Waals surface area contributed by atoms with Gasteiger partial charge in [0.05, 0.1) is 0 Å². The molecule has 0 aromatic heterocycles. The van der Waals surface area contributed by atoms with E-state index in [9.17, 15) is 0 Å². The van der Waals surface area contributed by atoms with Gasteiger partial charge in [0.15, 0.2) is 0 Å². The molecule has 1 aromatic rings. The zero-order chi connectivity index (χ0) is 15.0. The van der Waals surface area contributed by atoms with Crippen molar-refractivity contribution in [1.29, 1.82) is 0 Å². The molecule has 0 fully saturated rings. The van der Waals surface area contributed by atoms with Gasteiger partial charge in [-0.25, -0.2) is 0 Å². The van der Waals surface area contributed by atoms with Crippen LogP contribution in [0.5, 0.6) is 0 Å². The van der Waals surface area contributed by atoms with Crippen LogP contribution in [0, 0.1) is 0 Å². The average molecular weight is 294 g/mol. The Bertz CT molecular complexity index is 361. The van der Waals surface area contributed by atoms with E-state index in [2.05, 4.69) is 70.3 Å². The maximum Gasteiger partial charge on any atom is 0.00494 e. The summed E-state index contributed by atoms with van der Waals surface area (Å²) in [4.78, 5) is 0. The molecule has 1 nitrogen and oxygen atoms in total. The Labute approximate surface area is 129 Å². The van der Waals surface area contributed by atoms with E-state index < -0.39 is 0 Å². The lowest BCUT2D eigenvalue weighted by molar-refractivity contribution is 0.360. The quantitative estimate of drug-likeness (QED) is 0.652. The SMILES string of the molecule is CCSCCC(C)NC(C)CC(C)(C)c1ccccc1. The Hall–Kier alpha value is -0.470. The number of benzene rings is 1. The van der Waals surface area contributed by atoms with Crippen LogP contribution < -0.4 is 5.32 Å². The third-order valence-electron chi connectivity index (χ3n) is 3.84. The molecule has 1 aromatic carbocycles. The van der Waals surface area contributed by atoms with Crippen molar-refractivity contribution >= 4 is 11.8 Å². The molecule has 0 aliphatic heterocycles. The minimum absolute atomic E-state index is 0.228. The number of hydrogen-bond acceptors (Lipinski definition) is 2. The lowest BCUT2D eigenvalue weighted by atomic mass is 9.79. The average Bonchev–Trinajstić information content (AvgIpc) is 2.39. The molecule has 0 aliphatic rings. The first-order valence-electron chi connectivity index (χ1n) is 7.85. The molecule has 0 aliphatic carbocycles. The second-order valence-electron chi connectivity index (χ2n) is 6.41. The molecular weight excluding hydrogens is 262 g/mol. The smallest absolute Gasteiger partial charge is 0.00494 e. The summed E-state index contributed by atoms with van der Waals surface area (Å²) in [5, 5.41) is 3.75. The second-order valence-corrected chi connectivity index (χ2v) is 7.80. The third kappa shape index (κ3) is 6.32. The number of nitrogens with one attached hydrogen (secondary N) is 1. The van der Waals surface area contributed by atoms with Crippen molar-refractivity contribution in [2.75, 3.05) is 11.5 Å². The lowest BCUT2D eigenvalue weighted by Crippen LogP contribution is -2.38. The Morgan fingerprint density at radius 3 is 2.35 bits per heavy atom. The van der Waals surface area contributed by atoms with Crippen LogP contribution in [0.3, 0.4) is 0 Å². The highest BCUT2D eigenvalue weighted by molar-refractivity contribution is 7.99. The predicted molar refractivity (Wildman–Crippen MR) is 93.8 cm³/mol. The van der Waals surface area contributed by atoms with E-state index in [1.807, 2.05) is 11.8 Å². The van der Waals surface area contributed by atoms with Crippen molar-refractivity contribution in [2.24, 2.45) is 0 Å². The van der Waals surface area contributed by atoms with Crippen LogP contribution in [0.1, 0.15) is 53.0 Å². The summed E-state index contributed by atoms with van der Waals surface area (Å²) in [6.07, 6.45) is 2.43. The zero-order valence-electron chi connectivity index (χ0n) is 13.8. The summed E-state index contributed by atoms with van der Waals surface area (Å²) in [7, 11) is 0. The van der Waals surface area contributed by atoms with Crippen LogP contribution in [0.15, 0.2) is 30.3 Å². The molecule has 0 heterocycles. The van der Waals surface area contributed by atoms with E-state index >= 15 is 0 Å². The van der Waals surface area contributed by atoms with Crippen LogP contribution >= 0.6 is 11.8 Å². The highest BCUT2D eigenvalue weighted by Gasteiger charge is 2.23. The van der Waals surface area contributed by atoms with Gasteiger partial charge < -0.3 is 5.32 Å². The largest absolute Gasteiger partial charge is 0.312 e. The molecule has 2 heteroatoms. The van der Waals surface area contributed by atoms with Gasteiger partial charge in [-0.2, -0.15) is 11.8 Å². The van der Waals surface area contributed by atoms with Crippen molar-refractivity contribution in [1.82, 2.24) is 5.32 Å². The first-order valence-corrected chi connectivity index (χ1v) is 9.00. The molecule has 0 amide bonds. The fraction of sp³-hybridized carbons (Fsp3) is 0.667. The summed E-state index contributed by atoms with van der Waals surface area (Å²) in [6, 6.07) is 12.0. The van der Waals surface area contributed by atoms with E-state index in [0.717, 1.165) is 0 Å². The van der Waals surface area contributed by atoms with Gasteiger partial charge in [0, 0.05) is 12.1 Å². The van der Waals surface area contributed by atoms with Gasteiger partial charge in [-0.15, -0.1) is 0 Å². The summed E-state index contributed by atoms with van der Waals surface area (Å²) in [6.45, 7) is 11.5. The molecule has 1 N–H and O–H groups in total. The molecule has 0 saturated carbocycles. The normalized spacial score (nSPS) is 15.1. The minimum Gasteiger partial charge on any atom is -0.312 e. The van der Waals surface area contributed by atoms with Crippen LogP contribution in [0.25, 0.3) is 0 Å². The van der Waals surface area contributed by atoms with E-state index in [4.69, 9.17) is 0 Å². The Morgan fingerprint density at radius 1 is 1.10 bits per heavy atom. The summed E-state index contributed by atoms with van der Waals surface area (Å²) < 4.78 is 0. The zero-order valence-corrected chi connectivity index (χ0v) is 14.6. The molecule has 0 saturated heterocycles. The van der Waals surface area contributed by atoms with Gasteiger partial charge in [0.25, 0.3) is 0 Å². The molecule has 20 heavy (non-hydrogen) atoms. The van der Waals surface area contributed by atoms with Gasteiger partial charge >= 0.3 is 0 Å². The molecule has 2 unspecified atom stereocenters. The van der Waals surface area contributed by atoms with E-state index in [0.29, 0.717) is 12.1 Å².